The predicted octanol–water partition coefficient (Wildman–Crippen LogP) is 3.73. The fraction of sp³-hybridized carbons (Fsp3) is 0.875. The summed E-state index contributed by atoms with van der Waals surface area (Å²) in [6, 6.07) is 0. The van der Waals surface area contributed by atoms with Gasteiger partial charge in [-0.25, -0.2) is 9.59 Å². The Hall–Kier alpha value is -1.14. The molecule has 0 amide bonds. The maximum Gasteiger partial charge on any atom is 0.356 e. The molecule has 0 radical (unpaired) electrons. The Balaban J connectivity index is 4.65. The lowest BCUT2D eigenvalue weighted by molar-refractivity contribution is -0.334. The van der Waals surface area contributed by atoms with Gasteiger partial charge < -0.3 is 0 Å². The molecule has 0 fully saturated rings. The van der Waals surface area contributed by atoms with Crippen LogP contribution in [0.4, 0.5) is 0 Å². The molecule has 0 aliphatic heterocycles. The van der Waals surface area contributed by atoms with Crippen molar-refractivity contribution in [1.82, 2.24) is 0 Å². The van der Waals surface area contributed by atoms with E-state index in [9.17, 15) is 9.59 Å². The van der Waals surface area contributed by atoms with Gasteiger partial charge in [0.2, 0.25) is 0 Å². The molecule has 0 aromatic heterocycles. The molecular weight excluding hydrogens is 288 g/mol. The zero-order chi connectivity index (χ0) is 17.4. The Morgan fingerprint density at radius 1 is 0.818 bits per heavy atom. The van der Waals surface area contributed by atoms with Crippen molar-refractivity contribution in [1.29, 1.82) is 0 Å². The molecule has 0 saturated carbocycles. The summed E-state index contributed by atoms with van der Waals surface area (Å²) >= 11 is 0. The van der Waals surface area contributed by atoms with Gasteiger partial charge in [-0.2, -0.15) is 9.78 Å². The minimum absolute atomic E-state index is 0.340. The van der Waals surface area contributed by atoms with Crippen LogP contribution in [-0.2, 0) is 29.1 Å². The molecule has 0 atom stereocenters. The SMILES string of the molecule is CCCCCC(C(=O)OOC(C)(C)C)C(=O)OOC(C)(C)C. The first-order valence-corrected chi connectivity index (χ1v) is 7.75. The Kier molecular flexibility index (Phi) is 8.63. The van der Waals surface area contributed by atoms with Gasteiger partial charge in [0.15, 0.2) is 5.92 Å². The van der Waals surface area contributed by atoms with Crippen LogP contribution in [0.1, 0.15) is 74.1 Å². The van der Waals surface area contributed by atoms with Gasteiger partial charge in [-0.3, -0.25) is 9.78 Å². The quantitative estimate of drug-likeness (QED) is 0.294. The van der Waals surface area contributed by atoms with Crippen LogP contribution in [0.5, 0.6) is 0 Å². The summed E-state index contributed by atoms with van der Waals surface area (Å²) in [6.07, 6.45) is 2.95. The first-order chi connectivity index (χ1) is 9.96. The first kappa shape index (κ1) is 20.9. The molecule has 0 aliphatic rings. The molecule has 130 valence electrons. The zero-order valence-electron chi connectivity index (χ0n) is 14.9. The van der Waals surface area contributed by atoms with Gasteiger partial charge in [0, 0.05) is 0 Å². The van der Waals surface area contributed by atoms with Crippen molar-refractivity contribution >= 4 is 11.9 Å². The van der Waals surface area contributed by atoms with E-state index in [1.165, 1.54) is 0 Å². The van der Waals surface area contributed by atoms with Crippen LogP contribution in [-0.4, -0.2) is 23.1 Å². The van der Waals surface area contributed by atoms with Gasteiger partial charge in [-0.1, -0.05) is 26.2 Å². The summed E-state index contributed by atoms with van der Waals surface area (Å²) in [7, 11) is 0. The van der Waals surface area contributed by atoms with Crippen LogP contribution >= 0.6 is 0 Å². The number of carbonyl (C=O) groups excluding carboxylic acids is 2. The highest BCUT2D eigenvalue weighted by Gasteiger charge is 2.33. The fourth-order valence-electron chi connectivity index (χ4n) is 1.38. The molecule has 0 spiro atoms. The maximum atomic E-state index is 12.0. The highest BCUT2D eigenvalue weighted by atomic mass is 17.2. The van der Waals surface area contributed by atoms with Gasteiger partial charge in [-0.05, 0) is 48.0 Å². The highest BCUT2D eigenvalue weighted by molar-refractivity contribution is 5.94. The summed E-state index contributed by atoms with van der Waals surface area (Å²) in [5.74, 6) is -2.56. The summed E-state index contributed by atoms with van der Waals surface area (Å²) in [6.45, 7) is 12.5. The number of carbonyl (C=O) groups is 2. The fourth-order valence-corrected chi connectivity index (χ4v) is 1.38. The van der Waals surface area contributed by atoms with E-state index in [2.05, 4.69) is 0 Å². The third-order valence-electron chi connectivity index (χ3n) is 2.41. The molecule has 22 heavy (non-hydrogen) atoms. The van der Waals surface area contributed by atoms with Crippen LogP contribution in [0.15, 0.2) is 0 Å². The van der Waals surface area contributed by atoms with Crippen LogP contribution < -0.4 is 0 Å². The predicted molar refractivity (Wildman–Crippen MR) is 81.5 cm³/mol. The molecule has 0 heterocycles. The summed E-state index contributed by atoms with van der Waals surface area (Å²) in [5.41, 5.74) is -1.29. The average molecular weight is 318 g/mol. The van der Waals surface area contributed by atoms with Crippen molar-refractivity contribution in [2.75, 3.05) is 0 Å². The minimum Gasteiger partial charge on any atom is -0.297 e. The molecule has 0 unspecified atom stereocenters. The number of hydrogen-bond acceptors (Lipinski definition) is 6. The van der Waals surface area contributed by atoms with Crippen LogP contribution in [0, 0.1) is 5.92 Å². The van der Waals surface area contributed by atoms with E-state index >= 15 is 0 Å². The molecule has 0 N–H and O–H groups in total. The van der Waals surface area contributed by atoms with Gasteiger partial charge >= 0.3 is 11.9 Å². The Bertz CT molecular complexity index is 321. The number of rotatable bonds is 8. The summed E-state index contributed by atoms with van der Waals surface area (Å²) < 4.78 is 0. The third kappa shape index (κ3) is 10.6. The second-order valence-electron chi connectivity index (χ2n) is 7.24. The van der Waals surface area contributed by atoms with Crippen molar-refractivity contribution < 1.29 is 29.1 Å². The molecule has 0 bridgehead atoms. The van der Waals surface area contributed by atoms with Crippen molar-refractivity contribution in [3.8, 4) is 0 Å². The topological polar surface area (TPSA) is 71.1 Å². The molecule has 0 aliphatic carbocycles. The van der Waals surface area contributed by atoms with E-state index < -0.39 is 29.1 Å². The molecule has 0 aromatic rings. The van der Waals surface area contributed by atoms with Gasteiger partial charge in [0.25, 0.3) is 0 Å². The molecule has 0 rings (SSSR count). The zero-order valence-corrected chi connectivity index (χ0v) is 14.9. The van der Waals surface area contributed by atoms with Crippen LogP contribution in [0.2, 0.25) is 0 Å². The first-order valence-electron chi connectivity index (χ1n) is 7.75. The van der Waals surface area contributed by atoms with Crippen molar-refractivity contribution in [3.63, 3.8) is 0 Å². The normalized spacial score (nSPS) is 12.4. The van der Waals surface area contributed by atoms with Crippen LogP contribution in [0.3, 0.4) is 0 Å². The smallest absolute Gasteiger partial charge is 0.297 e. The van der Waals surface area contributed by atoms with Gasteiger partial charge in [0.1, 0.15) is 11.2 Å². The maximum absolute atomic E-state index is 12.0. The molecule has 6 nitrogen and oxygen atoms in total. The number of unbranched alkanes of at least 4 members (excludes halogenated alkanes) is 2. The average Bonchev–Trinajstić information content (AvgIpc) is 2.37. The van der Waals surface area contributed by atoms with Crippen molar-refractivity contribution in [2.24, 2.45) is 5.92 Å². The van der Waals surface area contributed by atoms with E-state index in [0.717, 1.165) is 19.3 Å². The monoisotopic (exact) mass is 318 g/mol. The van der Waals surface area contributed by atoms with E-state index in [1.807, 2.05) is 6.92 Å². The summed E-state index contributed by atoms with van der Waals surface area (Å²) in [5, 5.41) is 0. The largest absolute Gasteiger partial charge is 0.356 e. The third-order valence-corrected chi connectivity index (χ3v) is 2.41. The number of hydrogen-bond donors (Lipinski definition) is 0. The molecule has 0 saturated heterocycles. The molecule has 0 aromatic carbocycles. The van der Waals surface area contributed by atoms with E-state index in [1.54, 1.807) is 41.5 Å². The van der Waals surface area contributed by atoms with Crippen molar-refractivity contribution in [3.05, 3.63) is 0 Å². The standard InChI is InChI=1S/C16H30O6/c1-8-9-10-11-12(13(17)19-21-15(2,3)4)14(18)20-22-16(5,6)7/h12H,8-11H2,1-7H3. The lowest BCUT2D eigenvalue weighted by atomic mass is 10.0. The lowest BCUT2D eigenvalue weighted by Gasteiger charge is -2.21. The van der Waals surface area contributed by atoms with Crippen molar-refractivity contribution in [2.45, 2.75) is 85.4 Å². The van der Waals surface area contributed by atoms with E-state index in [-0.39, 0.29) is 0 Å². The Morgan fingerprint density at radius 3 is 1.55 bits per heavy atom. The van der Waals surface area contributed by atoms with Gasteiger partial charge in [0.05, 0.1) is 0 Å². The van der Waals surface area contributed by atoms with Gasteiger partial charge in [-0.15, -0.1) is 0 Å². The lowest BCUT2D eigenvalue weighted by Crippen LogP contribution is -2.33. The Labute approximate surface area is 133 Å². The Morgan fingerprint density at radius 2 is 1.23 bits per heavy atom. The van der Waals surface area contributed by atoms with E-state index in [4.69, 9.17) is 19.6 Å². The van der Waals surface area contributed by atoms with Crippen LogP contribution in [0.25, 0.3) is 0 Å². The van der Waals surface area contributed by atoms with E-state index in [0.29, 0.717) is 6.42 Å². The summed E-state index contributed by atoms with van der Waals surface area (Å²) in [4.78, 5) is 43.6. The highest BCUT2D eigenvalue weighted by Crippen LogP contribution is 2.18. The minimum atomic E-state index is -1.05. The second-order valence-corrected chi connectivity index (χ2v) is 7.24. The second kappa shape index (κ2) is 9.10. The molecular formula is C16H30O6. The molecule has 6 heteroatoms.